The molecule has 1 amide bonds. The van der Waals surface area contributed by atoms with E-state index in [2.05, 4.69) is 25.9 Å². The lowest BCUT2D eigenvalue weighted by Gasteiger charge is -2.00. The van der Waals surface area contributed by atoms with E-state index in [1.54, 1.807) is 13.0 Å². The van der Waals surface area contributed by atoms with Gasteiger partial charge in [0, 0.05) is 5.56 Å². The van der Waals surface area contributed by atoms with Gasteiger partial charge in [0.2, 0.25) is 5.82 Å². The molecule has 0 unspecified atom stereocenters. The number of nitrogens with one attached hydrogen (secondary N) is 1. The third-order valence-electron chi connectivity index (χ3n) is 3.05. The van der Waals surface area contributed by atoms with Crippen molar-refractivity contribution in [3.05, 3.63) is 51.7 Å². The first-order chi connectivity index (χ1) is 11.6. The zero-order valence-corrected chi connectivity index (χ0v) is 14.3. The maximum Gasteiger partial charge on any atom is 0.263 e. The topological polar surface area (TPSA) is 85.1 Å². The minimum atomic E-state index is -0.339. The van der Waals surface area contributed by atoms with Gasteiger partial charge < -0.3 is 0 Å². The Bertz CT molecular complexity index is 873. The second-order valence-corrected chi connectivity index (χ2v) is 6.56. The van der Waals surface area contributed by atoms with Crippen LogP contribution in [0.4, 0.5) is 0 Å². The molecule has 3 aromatic rings. The fourth-order valence-electron chi connectivity index (χ4n) is 1.89. The van der Waals surface area contributed by atoms with Gasteiger partial charge in [0.15, 0.2) is 0 Å². The van der Waals surface area contributed by atoms with Gasteiger partial charge in [0.05, 0.1) is 14.9 Å². The summed E-state index contributed by atoms with van der Waals surface area (Å²) in [5.41, 5.74) is 3.99. The molecule has 0 fully saturated rings. The summed E-state index contributed by atoms with van der Waals surface area (Å²) in [4.78, 5) is 14.1. The smallest absolute Gasteiger partial charge is 0.263 e. The van der Waals surface area contributed by atoms with Crippen LogP contribution in [0.3, 0.4) is 0 Å². The van der Waals surface area contributed by atoms with Crippen LogP contribution < -0.4 is 5.43 Å². The SMILES string of the molecule is CC(=NNC(=O)Cn1nnc(-c2ccccc2)n1)c1ccc(Cl)s1. The summed E-state index contributed by atoms with van der Waals surface area (Å²) in [6.07, 6.45) is 0. The Hall–Kier alpha value is -2.58. The maximum absolute atomic E-state index is 11.9. The number of rotatable bonds is 5. The number of aromatic nitrogens is 4. The van der Waals surface area contributed by atoms with Crippen LogP contribution in [0.1, 0.15) is 11.8 Å². The highest BCUT2D eigenvalue weighted by Gasteiger charge is 2.09. The van der Waals surface area contributed by atoms with E-state index in [9.17, 15) is 4.79 Å². The summed E-state index contributed by atoms with van der Waals surface area (Å²) in [6.45, 7) is 1.73. The van der Waals surface area contributed by atoms with Gasteiger partial charge in [-0.2, -0.15) is 9.90 Å². The van der Waals surface area contributed by atoms with Crippen LogP contribution in [0.25, 0.3) is 11.4 Å². The van der Waals surface area contributed by atoms with Gasteiger partial charge in [0.1, 0.15) is 6.54 Å². The molecule has 0 atom stereocenters. The lowest BCUT2D eigenvalue weighted by molar-refractivity contribution is -0.122. The van der Waals surface area contributed by atoms with Crippen molar-refractivity contribution in [2.75, 3.05) is 0 Å². The molecular formula is C15H13ClN6OS. The van der Waals surface area contributed by atoms with Crippen LogP contribution in [-0.2, 0) is 11.3 Å². The van der Waals surface area contributed by atoms with Crippen molar-refractivity contribution in [1.82, 2.24) is 25.6 Å². The summed E-state index contributed by atoms with van der Waals surface area (Å²) < 4.78 is 0.672. The molecule has 24 heavy (non-hydrogen) atoms. The predicted molar refractivity (Wildman–Crippen MR) is 92.9 cm³/mol. The number of carbonyl (C=O) groups is 1. The maximum atomic E-state index is 11.9. The average molecular weight is 361 g/mol. The first-order valence-corrected chi connectivity index (χ1v) is 8.23. The second-order valence-electron chi connectivity index (χ2n) is 4.85. The summed E-state index contributed by atoms with van der Waals surface area (Å²) in [5, 5.41) is 16.0. The Morgan fingerprint density at radius 3 is 2.79 bits per heavy atom. The van der Waals surface area contributed by atoms with Crippen LogP contribution in [0.5, 0.6) is 0 Å². The van der Waals surface area contributed by atoms with Crippen molar-refractivity contribution < 1.29 is 4.79 Å². The number of benzene rings is 1. The predicted octanol–water partition coefficient (Wildman–Crippen LogP) is 2.60. The van der Waals surface area contributed by atoms with Gasteiger partial charge in [-0.25, -0.2) is 5.43 Å². The molecule has 0 spiro atoms. The molecule has 2 heterocycles. The molecule has 0 saturated carbocycles. The number of tetrazole rings is 1. The number of hydrazone groups is 1. The van der Waals surface area contributed by atoms with Crippen molar-refractivity contribution in [3.8, 4) is 11.4 Å². The Morgan fingerprint density at radius 2 is 2.08 bits per heavy atom. The van der Waals surface area contributed by atoms with Gasteiger partial charge in [-0.3, -0.25) is 4.79 Å². The molecule has 0 saturated heterocycles. The van der Waals surface area contributed by atoms with Crippen LogP contribution >= 0.6 is 22.9 Å². The highest BCUT2D eigenvalue weighted by Crippen LogP contribution is 2.21. The summed E-state index contributed by atoms with van der Waals surface area (Å²) in [5.74, 6) is 0.130. The van der Waals surface area contributed by atoms with Gasteiger partial charge >= 0.3 is 0 Å². The number of nitrogens with zero attached hydrogens (tertiary/aromatic N) is 5. The van der Waals surface area contributed by atoms with Gasteiger partial charge in [-0.15, -0.1) is 21.5 Å². The normalized spacial score (nSPS) is 11.5. The van der Waals surface area contributed by atoms with Crippen LogP contribution in [-0.4, -0.2) is 31.8 Å². The fraction of sp³-hybridized carbons (Fsp3) is 0.133. The Labute approximate surface area is 147 Å². The van der Waals surface area contributed by atoms with Crippen LogP contribution in [0.2, 0.25) is 4.34 Å². The van der Waals surface area contributed by atoms with E-state index in [0.29, 0.717) is 15.9 Å². The van der Waals surface area contributed by atoms with Crippen molar-refractivity contribution >= 4 is 34.6 Å². The minimum absolute atomic E-state index is 0.0676. The number of amides is 1. The number of halogens is 1. The molecule has 0 aliphatic carbocycles. The molecule has 1 aromatic carbocycles. The van der Waals surface area contributed by atoms with E-state index >= 15 is 0 Å². The van der Waals surface area contributed by atoms with E-state index in [-0.39, 0.29) is 12.5 Å². The van der Waals surface area contributed by atoms with Crippen molar-refractivity contribution in [3.63, 3.8) is 0 Å². The van der Waals surface area contributed by atoms with Gasteiger partial charge in [-0.1, -0.05) is 41.9 Å². The lowest BCUT2D eigenvalue weighted by atomic mass is 10.2. The van der Waals surface area contributed by atoms with Crippen molar-refractivity contribution in [2.45, 2.75) is 13.5 Å². The molecular weight excluding hydrogens is 348 g/mol. The standard InChI is InChI=1S/C15H13ClN6OS/c1-10(12-7-8-13(16)24-12)17-18-14(23)9-22-20-15(19-21-22)11-5-3-2-4-6-11/h2-8H,9H2,1H3,(H,18,23). The largest absolute Gasteiger partial charge is 0.271 e. The summed E-state index contributed by atoms with van der Waals surface area (Å²) >= 11 is 7.27. The van der Waals surface area contributed by atoms with E-state index in [4.69, 9.17) is 11.6 Å². The molecule has 0 aliphatic rings. The van der Waals surface area contributed by atoms with Crippen LogP contribution in [0.15, 0.2) is 47.6 Å². The first kappa shape index (κ1) is 16.3. The molecule has 1 N–H and O–H groups in total. The van der Waals surface area contributed by atoms with E-state index in [1.807, 2.05) is 36.4 Å². The minimum Gasteiger partial charge on any atom is -0.271 e. The van der Waals surface area contributed by atoms with Crippen molar-refractivity contribution in [2.24, 2.45) is 5.10 Å². The number of thiophene rings is 1. The van der Waals surface area contributed by atoms with Crippen LogP contribution in [0, 0.1) is 0 Å². The van der Waals surface area contributed by atoms with E-state index in [1.165, 1.54) is 16.1 Å². The highest BCUT2D eigenvalue weighted by molar-refractivity contribution is 7.18. The lowest BCUT2D eigenvalue weighted by Crippen LogP contribution is -2.25. The van der Waals surface area contributed by atoms with Gasteiger partial charge in [0.25, 0.3) is 5.91 Å². The molecule has 9 heteroatoms. The third-order valence-corrected chi connectivity index (χ3v) is 4.39. The molecule has 0 radical (unpaired) electrons. The molecule has 3 rings (SSSR count). The quantitative estimate of drug-likeness (QED) is 0.559. The number of hydrogen-bond acceptors (Lipinski definition) is 6. The molecule has 2 aromatic heterocycles. The summed E-state index contributed by atoms with van der Waals surface area (Å²) in [6, 6.07) is 13.1. The molecule has 0 aliphatic heterocycles. The average Bonchev–Trinajstić information content (AvgIpc) is 3.23. The highest BCUT2D eigenvalue weighted by atomic mass is 35.5. The monoisotopic (exact) mass is 360 g/mol. The fourth-order valence-corrected chi connectivity index (χ4v) is 2.87. The second kappa shape index (κ2) is 7.33. The van der Waals surface area contributed by atoms with E-state index in [0.717, 1.165) is 10.4 Å². The zero-order valence-electron chi connectivity index (χ0n) is 12.7. The third kappa shape index (κ3) is 4.03. The Morgan fingerprint density at radius 1 is 1.29 bits per heavy atom. The van der Waals surface area contributed by atoms with Gasteiger partial charge in [-0.05, 0) is 24.3 Å². The first-order valence-electron chi connectivity index (χ1n) is 7.04. The Balaban J connectivity index is 1.60. The molecule has 122 valence electrons. The van der Waals surface area contributed by atoms with E-state index < -0.39 is 0 Å². The Kier molecular flexibility index (Phi) is 4.97. The summed E-state index contributed by atoms with van der Waals surface area (Å²) in [7, 11) is 0. The number of hydrogen-bond donors (Lipinski definition) is 1. The zero-order chi connectivity index (χ0) is 16.9. The number of carbonyl (C=O) groups excluding carboxylic acids is 1. The van der Waals surface area contributed by atoms with Crippen molar-refractivity contribution in [1.29, 1.82) is 0 Å². The molecule has 7 nitrogen and oxygen atoms in total. The molecule has 0 bridgehead atoms.